The van der Waals surface area contributed by atoms with Crippen molar-refractivity contribution in [2.45, 2.75) is 19.8 Å². The van der Waals surface area contributed by atoms with Crippen LogP contribution in [0.4, 0.5) is 5.88 Å². The fourth-order valence-electron chi connectivity index (χ4n) is 1.68. The fourth-order valence-corrected chi connectivity index (χ4v) is 1.95. The van der Waals surface area contributed by atoms with E-state index in [1.165, 1.54) is 0 Å². The predicted molar refractivity (Wildman–Crippen MR) is 68.1 cm³/mol. The van der Waals surface area contributed by atoms with Gasteiger partial charge in [0.05, 0.1) is 0 Å². The van der Waals surface area contributed by atoms with Gasteiger partial charge in [0.1, 0.15) is 5.69 Å². The summed E-state index contributed by atoms with van der Waals surface area (Å²) < 4.78 is 6.10. The van der Waals surface area contributed by atoms with Crippen molar-refractivity contribution in [3.8, 4) is 11.3 Å². The molecule has 3 nitrogen and oxygen atoms in total. The molecule has 2 aromatic rings. The summed E-state index contributed by atoms with van der Waals surface area (Å²) in [5, 5.41) is 4.02. The van der Waals surface area contributed by atoms with Gasteiger partial charge in [0.2, 0.25) is 5.88 Å². The standard InChI is InChI=1S/C12H13BrN2O/c1-7(2)10-11(15-16-12(10)14)8-3-5-9(13)6-4-8/h3-7H,14H2,1-2H3. The van der Waals surface area contributed by atoms with Crippen LogP contribution in [0.3, 0.4) is 0 Å². The highest BCUT2D eigenvalue weighted by atomic mass is 79.9. The third-order valence-electron chi connectivity index (χ3n) is 2.45. The summed E-state index contributed by atoms with van der Waals surface area (Å²) in [6, 6.07) is 7.94. The molecule has 2 N–H and O–H groups in total. The minimum absolute atomic E-state index is 0.296. The largest absolute Gasteiger partial charge is 0.367 e. The molecule has 0 aliphatic carbocycles. The highest BCUT2D eigenvalue weighted by Crippen LogP contribution is 2.33. The lowest BCUT2D eigenvalue weighted by atomic mass is 9.99. The van der Waals surface area contributed by atoms with Gasteiger partial charge in [-0.1, -0.05) is 47.1 Å². The number of hydrogen-bond donors (Lipinski definition) is 1. The van der Waals surface area contributed by atoms with E-state index in [1.54, 1.807) is 0 Å². The summed E-state index contributed by atoms with van der Waals surface area (Å²) in [6.07, 6.45) is 0. The Balaban J connectivity index is 2.52. The molecule has 84 valence electrons. The number of halogens is 1. The molecule has 0 amide bonds. The second-order valence-electron chi connectivity index (χ2n) is 3.97. The van der Waals surface area contributed by atoms with Crippen molar-refractivity contribution < 1.29 is 4.52 Å². The van der Waals surface area contributed by atoms with Crippen molar-refractivity contribution in [2.75, 3.05) is 5.73 Å². The Morgan fingerprint density at radius 3 is 2.44 bits per heavy atom. The van der Waals surface area contributed by atoms with Crippen LogP contribution < -0.4 is 5.73 Å². The first-order valence-electron chi connectivity index (χ1n) is 5.10. The van der Waals surface area contributed by atoms with Gasteiger partial charge in [-0.25, -0.2) is 0 Å². The zero-order valence-electron chi connectivity index (χ0n) is 9.20. The third-order valence-corrected chi connectivity index (χ3v) is 2.98. The Morgan fingerprint density at radius 1 is 1.25 bits per heavy atom. The molecule has 0 fully saturated rings. The summed E-state index contributed by atoms with van der Waals surface area (Å²) in [5.74, 6) is 0.706. The van der Waals surface area contributed by atoms with Crippen LogP contribution >= 0.6 is 15.9 Å². The molecule has 1 aromatic heterocycles. The first-order valence-corrected chi connectivity index (χ1v) is 5.90. The smallest absolute Gasteiger partial charge is 0.226 e. The highest BCUT2D eigenvalue weighted by Gasteiger charge is 2.17. The average molecular weight is 281 g/mol. The van der Waals surface area contributed by atoms with Gasteiger partial charge in [-0.05, 0) is 18.1 Å². The molecule has 0 aliphatic rings. The van der Waals surface area contributed by atoms with E-state index in [-0.39, 0.29) is 0 Å². The Labute approximate surface area is 103 Å². The number of benzene rings is 1. The molecular weight excluding hydrogens is 268 g/mol. The van der Waals surface area contributed by atoms with Gasteiger partial charge in [-0.2, -0.15) is 0 Å². The SMILES string of the molecule is CC(C)c1c(-c2ccc(Br)cc2)noc1N. The first kappa shape index (κ1) is 11.2. The van der Waals surface area contributed by atoms with Crippen LogP contribution in [0.25, 0.3) is 11.3 Å². The van der Waals surface area contributed by atoms with E-state index in [1.807, 2.05) is 24.3 Å². The van der Waals surface area contributed by atoms with E-state index in [0.29, 0.717) is 11.8 Å². The molecule has 1 aromatic carbocycles. The van der Waals surface area contributed by atoms with Gasteiger partial charge in [0.25, 0.3) is 0 Å². The van der Waals surface area contributed by atoms with Crippen molar-refractivity contribution >= 4 is 21.8 Å². The molecule has 0 radical (unpaired) electrons. The molecule has 0 spiro atoms. The van der Waals surface area contributed by atoms with E-state index in [9.17, 15) is 0 Å². The summed E-state index contributed by atoms with van der Waals surface area (Å²) in [5.41, 5.74) is 8.60. The third kappa shape index (κ3) is 1.97. The Kier molecular flexibility index (Phi) is 3.01. The maximum atomic E-state index is 5.77. The van der Waals surface area contributed by atoms with Crippen molar-refractivity contribution in [3.63, 3.8) is 0 Å². The van der Waals surface area contributed by atoms with Crippen LogP contribution in [0.2, 0.25) is 0 Å². The van der Waals surface area contributed by atoms with Gasteiger partial charge in [0, 0.05) is 15.6 Å². The van der Waals surface area contributed by atoms with Crippen LogP contribution in [0.5, 0.6) is 0 Å². The Bertz CT molecular complexity index is 488. The second kappa shape index (κ2) is 4.29. The van der Waals surface area contributed by atoms with E-state index in [2.05, 4.69) is 34.9 Å². The normalized spacial score (nSPS) is 11.0. The minimum Gasteiger partial charge on any atom is -0.367 e. The first-order chi connectivity index (χ1) is 7.59. The molecule has 0 saturated heterocycles. The average Bonchev–Trinajstić information content (AvgIpc) is 2.61. The van der Waals surface area contributed by atoms with E-state index >= 15 is 0 Å². The highest BCUT2D eigenvalue weighted by molar-refractivity contribution is 9.10. The van der Waals surface area contributed by atoms with E-state index in [4.69, 9.17) is 10.3 Å². The number of anilines is 1. The molecule has 0 unspecified atom stereocenters. The lowest BCUT2D eigenvalue weighted by Gasteiger charge is -2.05. The van der Waals surface area contributed by atoms with Gasteiger partial charge in [-0.15, -0.1) is 0 Å². The Morgan fingerprint density at radius 2 is 1.88 bits per heavy atom. The number of nitrogen functional groups attached to an aromatic ring is 1. The number of aromatic nitrogens is 1. The zero-order valence-corrected chi connectivity index (χ0v) is 10.8. The second-order valence-corrected chi connectivity index (χ2v) is 4.89. The van der Waals surface area contributed by atoms with E-state index in [0.717, 1.165) is 21.3 Å². The summed E-state index contributed by atoms with van der Waals surface area (Å²) in [6.45, 7) is 4.15. The van der Waals surface area contributed by atoms with Crippen molar-refractivity contribution in [1.29, 1.82) is 0 Å². The summed E-state index contributed by atoms with van der Waals surface area (Å²) >= 11 is 3.40. The van der Waals surface area contributed by atoms with Crippen molar-refractivity contribution in [2.24, 2.45) is 0 Å². The zero-order chi connectivity index (χ0) is 11.7. The maximum absolute atomic E-state index is 5.77. The van der Waals surface area contributed by atoms with Gasteiger partial charge in [0.15, 0.2) is 0 Å². The summed E-state index contributed by atoms with van der Waals surface area (Å²) in [4.78, 5) is 0. The molecule has 16 heavy (non-hydrogen) atoms. The molecular formula is C12H13BrN2O. The molecule has 0 atom stereocenters. The quantitative estimate of drug-likeness (QED) is 0.910. The molecule has 0 saturated carbocycles. The minimum atomic E-state index is 0.296. The van der Waals surface area contributed by atoms with Gasteiger partial charge < -0.3 is 10.3 Å². The van der Waals surface area contributed by atoms with Gasteiger partial charge >= 0.3 is 0 Å². The number of nitrogens with two attached hydrogens (primary N) is 1. The Hall–Kier alpha value is -1.29. The number of rotatable bonds is 2. The number of hydrogen-bond acceptors (Lipinski definition) is 3. The molecule has 2 rings (SSSR count). The fraction of sp³-hybridized carbons (Fsp3) is 0.250. The monoisotopic (exact) mass is 280 g/mol. The lowest BCUT2D eigenvalue weighted by Crippen LogP contribution is -1.94. The van der Waals surface area contributed by atoms with Crippen LogP contribution in [0, 0.1) is 0 Å². The molecule has 0 bridgehead atoms. The van der Waals surface area contributed by atoms with Crippen molar-refractivity contribution in [1.82, 2.24) is 5.16 Å². The molecule has 1 heterocycles. The van der Waals surface area contributed by atoms with Gasteiger partial charge in [-0.3, -0.25) is 0 Å². The topological polar surface area (TPSA) is 52.0 Å². The van der Waals surface area contributed by atoms with Crippen LogP contribution in [-0.2, 0) is 0 Å². The maximum Gasteiger partial charge on any atom is 0.226 e. The van der Waals surface area contributed by atoms with Crippen LogP contribution in [-0.4, -0.2) is 5.16 Å². The summed E-state index contributed by atoms with van der Waals surface area (Å²) in [7, 11) is 0. The van der Waals surface area contributed by atoms with Crippen molar-refractivity contribution in [3.05, 3.63) is 34.3 Å². The van der Waals surface area contributed by atoms with Crippen LogP contribution in [0.1, 0.15) is 25.3 Å². The lowest BCUT2D eigenvalue weighted by molar-refractivity contribution is 0.438. The molecule has 0 aliphatic heterocycles. The van der Waals surface area contributed by atoms with Crippen LogP contribution in [0.15, 0.2) is 33.3 Å². The number of nitrogens with zero attached hydrogens (tertiary/aromatic N) is 1. The van der Waals surface area contributed by atoms with E-state index < -0.39 is 0 Å². The molecule has 4 heteroatoms. The predicted octanol–water partition coefficient (Wildman–Crippen LogP) is 3.81.